The second kappa shape index (κ2) is 9.92. The van der Waals surface area contributed by atoms with Crippen LogP contribution in [0.5, 0.6) is 5.75 Å². The molecule has 0 aliphatic rings. The highest BCUT2D eigenvalue weighted by Gasteiger charge is 2.46. The Bertz CT molecular complexity index is 813. The van der Waals surface area contributed by atoms with Crippen LogP contribution in [0.1, 0.15) is 18.9 Å². The number of carbonyl (C=O) groups excluding carboxylic acids is 1. The first-order chi connectivity index (χ1) is 12.2. The van der Waals surface area contributed by atoms with E-state index in [-0.39, 0.29) is 18.6 Å². The third-order valence-electron chi connectivity index (χ3n) is 3.50. The van der Waals surface area contributed by atoms with Gasteiger partial charge >= 0.3 is 12.1 Å². The monoisotopic (exact) mass is 748 g/mol. The summed E-state index contributed by atoms with van der Waals surface area (Å²) < 4.78 is 75.2. The van der Waals surface area contributed by atoms with E-state index in [1.165, 1.54) is 0 Å². The van der Waals surface area contributed by atoms with Gasteiger partial charge in [-0.25, -0.2) is 0 Å². The van der Waals surface area contributed by atoms with Crippen molar-refractivity contribution in [1.82, 2.24) is 0 Å². The van der Waals surface area contributed by atoms with Crippen LogP contribution in [0.15, 0.2) is 6.07 Å². The standard InChI is InChI=1S/C14H14F3I3O6S/c1-2-6(3-7-8(18)4-9(19)12(21)11(7)20)13(22)26-10(14(15,16)17)5-27(23,24)25/h4,6,10,21H,2-3,5H2,1H3,(H,23,24,25). The number of phenols is 1. The maximum atomic E-state index is 12.9. The van der Waals surface area contributed by atoms with E-state index in [4.69, 9.17) is 4.55 Å². The summed E-state index contributed by atoms with van der Waals surface area (Å²) in [4.78, 5) is 12.2. The van der Waals surface area contributed by atoms with Crippen molar-refractivity contribution >= 4 is 83.9 Å². The lowest BCUT2D eigenvalue weighted by atomic mass is 9.97. The largest absolute Gasteiger partial charge is 0.506 e. The van der Waals surface area contributed by atoms with Crippen molar-refractivity contribution in [2.75, 3.05) is 5.75 Å². The normalized spacial score (nSPS) is 14.7. The number of rotatable bonds is 7. The molecule has 0 saturated heterocycles. The number of esters is 1. The van der Waals surface area contributed by atoms with Gasteiger partial charge in [-0.3, -0.25) is 9.35 Å². The molecule has 1 aromatic carbocycles. The fourth-order valence-electron chi connectivity index (χ4n) is 2.07. The van der Waals surface area contributed by atoms with Gasteiger partial charge in [0.1, 0.15) is 11.5 Å². The number of benzene rings is 1. The fourth-order valence-corrected chi connectivity index (χ4v) is 6.52. The molecule has 2 N–H and O–H groups in total. The average molecular weight is 748 g/mol. The molecule has 2 atom stereocenters. The SMILES string of the molecule is CCC(Cc1c(I)cc(I)c(O)c1I)C(=O)OC(CS(=O)(=O)O)C(F)(F)F. The Kier molecular flexibility index (Phi) is 9.34. The van der Waals surface area contributed by atoms with E-state index in [0.717, 1.165) is 3.57 Å². The lowest BCUT2D eigenvalue weighted by Gasteiger charge is -2.23. The molecule has 0 aliphatic carbocycles. The van der Waals surface area contributed by atoms with Gasteiger partial charge in [-0.1, -0.05) is 6.92 Å². The van der Waals surface area contributed by atoms with Crippen LogP contribution in [0.2, 0.25) is 0 Å². The molecule has 0 aliphatic heterocycles. The van der Waals surface area contributed by atoms with Gasteiger partial charge in [0.2, 0.25) is 6.10 Å². The summed E-state index contributed by atoms with van der Waals surface area (Å²) in [5.41, 5.74) is 0.580. The van der Waals surface area contributed by atoms with E-state index < -0.39 is 40.0 Å². The third kappa shape index (κ3) is 7.61. The Labute approximate surface area is 194 Å². The predicted octanol–water partition coefficient (Wildman–Crippen LogP) is 4.14. The first-order valence-corrected chi connectivity index (χ1v) is 12.1. The number of phenolic OH excluding ortho intramolecular Hbond substituents is 1. The molecular formula is C14H14F3I3O6S. The van der Waals surface area contributed by atoms with Crippen molar-refractivity contribution in [3.63, 3.8) is 0 Å². The van der Waals surface area contributed by atoms with Crippen molar-refractivity contribution in [2.24, 2.45) is 5.92 Å². The zero-order valence-corrected chi connectivity index (χ0v) is 20.8. The average Bonchev–Trinajstić information content (AvgIpc) is 2.50. The van der Waals surface area contributed by atoms with E-state index in [9.17, 15) is 31.5 Å². The van der Waals surface area contributed by atoms with Crippen molar-refractivity contribution in [2.45, 2.75) is 32.0 Å². The molecule has 0 heterocycles. The van der Waals surface area contributed by atoms with E-state index in [2.05, 4.69) is 4.74 Å². The molecule has 1 aromatic rings. The zero-order valence-electron chi connectivity index (χ0n) is 13.6. The molecule has 0 fully saturated rings. The molecule has 0 bridgehead atoms. The van der Waals surface area contributed by atoms with Crippen LogP contribution in [0.3, 0.4) is 0 Å². The second-order valence-corrected chi connectivity index (χ2v) is 10.4. The van der Waals surface area contributed by atoms with Gasteiger partial charge < -0.3 is 9.84 Å². The Morgan fingerprint density at radius 1 is 1.26 bits per heavy atom. The van der Waals surface area contributed by atoms with Gasteiger partial charge in [0.05, 0.1) is 13.1 Å². The molecule has 0 spiro atoms. The molecule has 1 rings (SSSR count). The molecule has 2 unspecified atom stereocenters. The molecule has 27 heavy (non-hydrogen) atoms. The smallest absolute Gasteiger partial charge is 0.426 e. The van der Waals surface area contributed by atoms with Gasteiger partial charge in [0, 0.05) is 3.57 Å². The van der Waals surface area contributed by atoms with Crippen LogP contribution in [-0.4, -0.2) is 42.1 Å². The summed E-state index contributed by atoms with van der Waals surface area (Å²) in [5.74, 6) is -3.97. The van der Waals surface area contributed by atoms with Crippen molar-refractivity contribution in [3.8, 4) is 5.75 Å². The predicted molar refractivity (Wildman–Crippen MR) is 116 cm³/mol. The Morgan fingerprint density at radius 2 is 1.81 bits per heavy atom. The van der Waals surface area contributed by atoms with Gasteiger partial charge in [-0.2, -0.15) is 21.6 Å². The lowest BCUT2D eigenvalue weighted by molar-refractivity contribution is -0.217. The first kappa shape index (κ1) is 25.4. The minimum absolute atomic E-state index is 0.00676. The molecule has 0 saturated carbocycles. The molecule has 0 amide bonds. The maximum Gasteiger partial charge on any atom is 0.426 e. The second-order valence-electron chi connectivity index (χ2n) is 5.51. The highest BCUT2D eigenvalue weighted by molar-refractivity contribution is 14.1. The minimum Gasteiger partial charge on any atom is -0.506 e. The topological polar surface area (TPSA) is 101 Å². The third-order valence-corrected chi connectivity index (χ3v) is 7.17. The van der Waals surface area contributed by atoms with Crippen molar-refractivity contribution in [3.05, 3.63) is 22.3 Å². The van der Waals surface area contributed by atoms with E-state index in [0.29, 0.717) is 12.7 Å². The zero-order chi connectivity index (χ0) is 21.2. The number of hydrogen-bond acceptors (Lipinski definition) is 5. The number of halogens is 6. The summed E-state index contributed by atoms with van der Waals surface area (Å²) in [7, 11) is -5.00. The number of aromatic hydroxyl groups is 1. The van der Waals surface area contributed by atoms with Crippen LogP contribution in [-0.2, 0) is 26.1 Å². The highest BCUT2D eigenvalue weighted by atomic mass is 127. The fraction of sp³-hybridized carbons (Fsp3) is 0.500. The van der Waals surface area contributed by atoms with Crippen molar-refractivity contribution < 1.29 is 40.8 Å². The molecule has 13 heteroatoms. The van der Waals surface area contributed by atoms with E-state index >= 15 is 0 Å². The van der Waals surface area contributed by atoms with Gasteiger partial charge in [0.25, 0.3) is 10.1 Å². The molecule has 0 aromatic heterocycles. The van der Waals surface area contributed by atoms with Gasteiger partial charge in [-0.15, -0.1) is 0 Å². The maximum absolute atomic E-state index is 12.9. The number of carbonyl (C=O) groups is 1. The van der Waals surface area contributed by atoms with Crippen LogP contribution < -0.4 is 0 Å². The summed E-state index contributed by atoms with van der Waals surface area (Å²) >= 11 is 5.80. The molecular weight excluding hydrogens is 734 g/mol. The summed E-state index contributed by atoms with van der Waals surface area (Å²) in [6, 6.07) is 1.67. The highest BCUT2D eigenvalue weighted by Crippen LogP contribution is 2.34. The summed E-state index contributed by atoms with van der Waals surface area (Å²) in [6.07, 6.45) is -7.97. The number of alkyl halides is 3. The lowest BCUT2D eigenvalue weighted by Crippen LogP contribution is -2.41. The number of hydrogen-bond donors (Lipinski definition) is 2. The van der Waals surface area contributed by atoms with Gasteiger partial charge in [-0.05, 0) is 92.2 Å². The molecule has 6 nitrogen and oxygen atoms in total. The van der Waals surface area contributed by atoms with Crippen LogP contribution in [0, 0.1) is 16.6 Å². The van der Waals surface area contributed by atoms with Crippen molar-refractivity contribution in [1.29, 1.82) is 0 Å². The summed E-state index contributed by atoms with van der Waals surface area (Å²) in [6.45, 7) is 1.57. The molecule has 154 valence electrons. The Hall–Kier alpha value is 0.380. The van der Waals surface area contributed by atoms with Gasteiger partial charge in [0.15, 0.2) is 0 Å². The van der Waals surface area contributed by atoms with Crippen LogP contribution in [0.4, 0.5) is 13.2 Å². The quantitative estimate of drug-likeness (QED) is 0.247. The van der Waals surface area contributed by atoms with E-state index in [1.54, 1.807) is 13.0 Å². The minimum atomic E-state index is -5.15. The first-order valence-electron chi connectivity index (χ1n) is 7.25. The van der Waals surface area contributed by atoms with Crippen LogP contribution >= 0.6 is 67.8 Å². The summed E-state index contributed by atoms with van der Waals surface area (Å²) in [5, 5.41) is 10.0. The van der Waals surface area contributed by atoms with Crippen LogP contribution in [0.25, 0.3) is 0 Å². The Morgan fingerprint density at radius 3 is 2.26 bits per heavy atom. The number of ether oxygens (including phenoxy) is 1. The Balaban J connectivity index is 3.08. The van der Waals surface area contributed by atoms with E-state index in [1.807, 2.05) is 67.8 Å². The molecule has 0 radical (unpaired) electrons.